The van der Waals surface area contributed by atoms with Crippen molar-refractivity contribution in [3.63, 3.8) is 0 Å². The lowest BCUT2D eigenvalue weighted by Crippen LogP contribution is -2.16. The second-order valence-electron chi connectivity index (χ2n) is 3.26. The zero-order chi connectivity index (χ0) is 13.3. The van der Waals surface area contributed by atoms with E-state index >= 15 is 0 Å². The largest absolute Gasteiger partial charge is 0.493 e. The molecule has 0 atom stereocenters. The van der Waals surface area contributed by atoms with E-state index in [0.29, 0.717) is 0 Å². The van der Waals surface area contributed by atoms with E-state index in [4.69, 9.17) is 9.88 Å². The minimum absolute atomic E-state index is 0.0153. The predicted octanol–water partition coefficient (Wildman–Crippen LogP) is -0.286. The number of primary sulfonamides is 1. The van der Waals surface area contributed by atoms with Crippen LogP contribution in [0.1, 0.15) is 0 Å². The Morgan fingerprint density at radius 1 is 1.24 bits per heavy atom. The highest BCUT2D eigenvalue weighted by Crippen LogP contribution is 2.31. The molecule has 1 rings (SSSR count). The number of methoxy groups -OCH3 is 1. The lowest BCUT2D eigenvalue weighted by molar-refractivity contribution is 0.405. The van der Waals surface area contributed by atoms with Crippen LogP contribution in [0.4, 0.5) is 5.69 Å². The molecule has 0 fully saturated rings. The first-order valence-electron chi connectivity index (χ1n) is 4.33. The highest BCUT2D eigenvalue weighted by molar-refractivity contribution is 7.92. The lowest BCUT2D eigenvalue weighted by atomic mass is 10.3. The van der Waals surface area contributed by atoms with Gasteiger partial charge >= 0.3 is 0 Å². The normalized spacial score (nSPS) is 12.2. The van der Waals surface area contributed by atoms with E-state index in [0.717, 1.165) is 6.26 Å². The van der Waals surface area contributed by atoms with E-state index in [1.807, 2.05) is 0 Å². The van der Waals surface area contributed by atoms with Crippen molar-refractivity contribution in [1.29, 1.82) is 0 Å². The number of hydrogen-bond donors (Lipinski definition) is 2. The lowest BCUT2D eigenvalue weighted by Gasteiger charge is -2.12. The van der Waals surface area contributed by atoms with Crippen LogP contribution >= 0.6 is 0 Å². The monoisotopic (exact) mass is 280 g/mol. The van der Waals surface area contributed by atoms with Crippen LogP contribution < -0.4 is 14.6 Å². The van der Waals surface area contributed by atoms with Crippen molar-refractivity contribution < 1.29 is 21.6 Å². The number of para-hydroxylation sites is 1. The summed E-state index contributed by atoms with van der Waals surface area (Å²) in [6, 6.07) is 3.95. The topological polar surface area (TPSA) is 116 Å². The maximum atomic E-state index is 11.3. The van der Waals surface area contributed by atoms with Gasteiger partial charge in [-0.2, -0.15) is 0 Å². The molecule has 0 unspecified atom stereocenters. The number of nitrogens with one attached hydrogen (secondary N) is 1. The van der Waals surface area contributed by atoms with Crippen molar-refractivity contribution >= 4 is 25.7 Å². The molecule has 96 valence electrons. The fourth-order valence-electron chi connectivity index (χ4n) is 1.23. The van der Waals surface area contributed by atoms with E-state index in [1.54, 1.807) is 0 Å². The summed E-state index contributed by atoms with van der Waals surface area (Å²) in [5, 5.41) is 4.98. The molecule has 0 heterocycles. The zero-order valence-corrected chi connectivity index (χ0v) is 10.8. The molecule has 0 aliphatic heterocycles. The number of benzene rings is 1. The van der Waals surface area contributed by atoms with Gasteiger partial charge in [0.25, 0.3) is 0 Å². The Labute approximate surface area is 99.7 Å². The molecule has 0 saturated carbocycles. The second-order valence-corrected chi connectivity index (χ2v) is 6.53. The fraction of sp³-hybridized carbons (Fsp3) is 0.250. The molecule has 17 heavy (non-hydrogen) atoms. The van der Waals surface area contributed by atoms with Crippen LogP contribution in [0.3, 0.4) is 0 Å². The summed E-state index contributed by atoms with van der Waals surface area (Å²) >= 11 is 0. The summed E-state index contributed by atoms with van der Waals surface area (Å²) in [6.45, 7) is 0. The van der Waals surface area contributed by atoms with E-state index in [2.05, 4.69) is 4.72 Å². The van der Waals surface area contributed by atoms with E-state index in [-0.39, 0.29) is 16.3 Å². The average Bonchev–Trinajstić information content (AvgIpc) is 2.13. The van der Waals surface area contributed by atoms with Crippen molar-refractivity contribution in [1.82, 2.24) is 0 Å². The van der Waals surface area contributed by atoms with Crippen LogP contribution in [0.2, 0.25) is 0 Å². The van der Waals surface area contributed by atoms with Crippen molar-refractivity contribution in [3.05, 3.63) is 18.2 Å². The molecule has 1 aromatic rings. The molecule has 0 bridgehead atoms. The molecule has 0 radical (unpaired) electrons. The van der Waals surface area contributed by atoms with Gasteiger partial charge in [-0.3, -0.25) is 4.72 Å². The third-order valence-corrected chi connectivity index (χ3v) is 3.31. The number of anilines is 1. The molecule has 0 saturated heterocycles. The SMILES string of the molecule is COc1c(NS(C)(=O)=O)cccc1S(N)(=O)=O. The number of nitrogens with two attached hydrogens (primary N) is 1. The Balaban J connectivity index is 3.45. The first-order valence-corrected chi connectivity index (χ1v) is 7.76. The van der Waals surface area contributed by atoms with Crippen molar-refractivity contribution in [3.8, 4) is 5.75 Å². The number of hydrogen-bond acceptors (Lipinski definition) is 5. The highest BCUT2D eigenvalue weighted by Gasteiger charge is 2.19. The van der Waals surface area contributed by atoms with E-state index in [1.165, 1.54) is 25.3 Å². The van der Waals surface area contributed by atoms with Crippen molar-refractivity contribution in [2.75, 3.05) is 18.1 Å². The molecular formula is C8H12N2O5S2. The fourth-order valence-corrected chi connectivity index (χ4v) is 2.51. The molecule has 0 aromatic heterocycles. The molecule has 0 aliphatic carbocycles. The van der Waals surface area contributed by atoms with E-state index in [9.17, 15) is 16.8 Å². The van der Waals surface area contributed by atoms with Gasteiger partial charge in [0.15, 0.2) is 5.75 Å². The average molecular weight is 280 g/mol. The van der Waals surface area contributed by atoms with Gasteiger partial charge in [0, 0.05) is 0 Å². The van der Waals surface area contributed by atoms with Crippen LogP contribution in [-0.2, 0) is 20.0 Å². The van der Waals surface area contributed by atoms with Gasteiger partial charge in [-0.25, -0.2) is 22.0 Å². The maximum absolute atomic E-state index is 11.3. The van der Waals surface area contributed by atoms with E-state index < -0.39 is 20.0 Å². The highest BCUT2D eigenvalue weighted by atomic mass is 32.2. The Morgan fingerprint density at radius 3 is 2.24 bits per heavy atom. The van der Waals surface area contributed by atoms with Crippen LogP contribution in [0.15, 0.2) is 23.1 Å². The Hall–Kier alpha value is -1.32. The smallest absolute Gasteiger partial charge is 0.241 e. The Bertz CT molecular complexity index is 621. The summed E-state index contributed by atoms with van der Waals surface area (Å²) in [7, 11) is -6.30. The third-order valence-electron chi connectivity index (χ3n) is 1.78. The van der Waals surface area contributed by atoms with Crippen LogP contribution in [0, 0.1) is 0 Å². The van der Waals surface area contributed by atoms with Crippen LogP contribution in [-0.4, -0.2) is 30.2 Å². The van der Waals surface area contributed by atoms with Crippen LogP contribution in [0.5, 0.6) is 5.75 Å². The molecule has 1 aromatic carbocycles. The minimum atomic E-state index is -3.98. The summed E-state index contributed by atoms with van der Waals surface area (Å²) in [6.07, 6.45) is 0.941. The molecule has 0 amide bonds. The minimum Gasteiger partial charge on any atom is -0.493 e. The Morgan fingerprint density at radius 2 is 1.82 bits per heavy atom. The first kappa shape index (κ1) is 13.7. The van der Waals surface area contributed by atoms with Gasteiger partial charge in [0.05, 0.1) is 19.1 Å². The van der Waals surface area contributed by atoms with Gasteiger partial charge in [0.2, 0.25) is 20.0 Å². The van der Waals surface area contributed by atoms with Crippen molar-refractivity contribution in [2.45, 2.75) is 4.90 Å². The standard InChI is InChI=1S/C8H12N2O5S2/c1-15-8-6(10-16(2,11)12)4-3-5-7(8)17(9,13)14/h3-5,10H,1-2H3,(H2,9,13,14). The molecule has 0 aliphatic rings. The summed E-state index contributed by atoms with van der Waals surface area (Å²) < 4.78 is 51.7. The summed E-state index contributed by atoms with van der Waals surface area (Å²) in [5.41, 5.74) is 0.0153. The predicted molar refractivity (Wildman–Crippen MR) is 62.8 cm³/mol. The zero-order valence-electron chi connectivity index (χ0n) is 9.17. The molecule has 0 spiro atoms. The molecule has 3 N–H and O–H groups in total. The molecule has 9 heteroatoms. The quantitative estimate of drug-likeness (QED) is 0.786. The van der Waals surface area contributed by atoms with Gasteiger partial charge in [0.1, 0.15) is 4.90 Å². The van der Waals surface area contributed by atoms with Gasteiger partial charge < -0.3 is 4.74 Å². The third kappa shape index (κ3) is 3.58. The second kappa shape index (κ2) is 4.51. The first-order chi connectivity index (χ1) is 7.65. The van der Waals surface area contributed by atoms with Crippen molar-refractivity contribution in [2.24, 2.45) is 5.14 Å². The summed E-state index contributed by atoms with van der Waals surface area (Å²) in [5.74, 6) is -0.138. The number of rotatable bonds is 4. The summed E-state index contributed by atoms with van der Waals surface area (Å²) in [4.78, 5) is -0.284. The number of ether oxygens (including phenoxy) is 1. The Kier molecular flexibility index (Phi) is 3.65. The maximum Gasteiger partial charge on any atom is 0.241 e. The van der Waals surface area contributed by atoms with Crippen LogP contribution in [0.25, 0.3) is 0 Å². The van der Waals surface area contributed by atoms with Gasteiger partial charge in [-0.15, -0.1) is 0 Å². The molecular weight excluding hydrogens is 268 g/mol. The van der Waals surface area contributed by atoms with Gasteiger partial charge in [-0.1, -0.05) is 6.07 Å². The molecule has 7 nitrogen and oxygen atoms in total. The number of sulfonamides is 2. The van der Waals surface area contributed by atoms with Gasteiger partial charge in [-0.05, 0) is 12.1 Å².